The fraction of sp³-hybridized carbons (Fsp3) is 0. The molecule has 3 nitrogen and oxygen atoms in total. The van der Waals surface area contributed by atoms with Gasteiger partial charge in [0.05, 0.1) is 11.3 Å². The van der Waals surface area contributed by atoms with Gasteiger partial charge >= 0.3 is 0 Å². The minimum Gasteiger partial charge on any atom is -0.446 e. The fourth-order valence-electron chi connectivity index (χ4n) is 1.31. The predicted octanol–water partition coefficient (Wildman–Crippen LogP) is 3.13. The largest absolute Gasteiger partial charge is 0.446 e. The van der Waals surface area contributed by atoms with E-state index in [1.54, 1.807) is 0 Å². The van der Waals surface area contributed by atoms with E-state index in [9.17, 15) is 13.6 Å². The van der Waals surface area contributed by atoms with Crippen molar-refractivity contribution in [2.75, 3.05) is 5.73 Å². The quantitative estimate of drug-likeness (QED) is 0.685. The van der Waals surface area contributed by atoms with E-state index < -0.39 is 17.4 Å². The van der Waals surface area contributed by atoms with Gasteiger partial charge in [0.15, 0.2) is 10.4 Å². The van der Waals surface area contributed by atoms with Crippen LogP contribution in [0.15, 0.2) is 33.4 Å². The lowest BCUT2D eigenvalue weighted by Gasteiger charge is -2.02. The van der Waals surface area contributed by atoms with Crippen molar-refractivity contribution in [2.45, 2.75) is 0 Å². The molecule has 0 atom stereocenters. The van der Waals surface area contributed by atoms with Crippen LogP contribution in [-0.2, 0) is 0 Å². The first-order valence-electron chi connectivity index (χ1n) is 4.53. The van der Waals surface area contributed by atoms with Gasteiger partial charge in [0.1, 0.15) is 11.6 Å². The summed E-state index contributed by atoms with van der Waals surface area (Å²) in [5, 5.41) is 0. The molecule has 0 saturated carbocycles. The highest BCUT2D eigenvalue weighted by Crippen LogP contribution is 2.22. The molecule has 0 aliphatic rings. The van der Waals surface area contributed by atoms with Crippen LogP contribution in [0, 0.1) is 11.6 Å². The normalized spacial score (nSPS) is 10.5. The average molecular weight is 302 g/mol. The summed E-state index contributed by atoms with van der Waals surface area (Å²) in [4.78, 5) is 11.8. The van der Waals surface area contributed by atoms with Crippen LogP contribution in [0.25, 0.3) is 0 Å². The van der Waals surface area contributed by atoms with E-state index in [0.29, 0.717) is 10.7 Å². The predicted molar refractivity (Wildman–Crippen MR) is 60.6 cm³/mol. The zero-order chi connectivity index (χ0) is 12.6. The Labute approximate surface area is 103 Å². The number of halogens is 3. The third-order valence-corrected chi connectivity index (χ3v) is 2.55. The number of carbonyl (C=O) groups excluding carboxylic acids is 1. The van der Waals surface area contributed by atoms with E-state index in [0.717, 1.165) is 6.07 Å². The number of furan rings is 1. The molecule has 0 amide bonds. The number of ketones is 1. The zero-order valence-corrected chi connectivity index (χ0v) is 9.92. The van der Waals surface area contributed by atoms with Gasteiger partial charge in [-0.05, 0) is 34.1 Å². The Morgan fingerprint density at radius 1 is 1.24 bits per heavy atom. The summed E-state index contributed by atoms with van der Waals surface area (Å²) < 4.78 is 31.7. The van der Waals surface area contributed by atoms with Crippen LogP contribution in [0.5, 0.6) is 0 Å². The van der Waals surface area contributed by atoms with E-state index in [1.807, 2.05) is 0 Å². The molecule has 0 saturated heterocycles. The second-order valence-electron chi connectivity index (χ2n) is 3.29. The summed E-state index contributed by atoms with van der Waals surface area (Å²) in [6, 6.07) is 4.40. The van der Waals surface area contributed by atoms with Crippen LogP contribution in [-0.4, -0.2) is 5.78 Å². The van der Waals surface area contributed by atoms with Crippen molar-refractivity contribution >= 4 is 27.4 Å². The van der Waals surface area contributed by atoms with Gasteiger partial charge in [-0.15, -0.1) is 0 Å². The summed E-state index contributed by atoms with van der Waals surface area (Å²) in [6.07, 6.45) is 0. The summed E-state index contributed by atoms with van der Waals surface area (Å²) in [5.41, 5.74) is 4.66. The van der Waals surface area contributed by atoms with E-state index in [-0.39, 0.29) is 17.0 Å². The van der Waals surface area contributed by atoms with Crippen LogP contribution < -0.4 is 5.73 Å². The number of hydrogen-bond acceptors (Lipinski definition) is 3. The molecule has 1 heterocycles. The molecule has 0 aliphatic heterocycles. The number of nitrogens with two attached hydrogens (primary N) is 1. The number of hydrogen-bond donors (Lipinski definition) is 1. The third-order valence-electron chi connectivity index (χ3n) is 2.13. The lowest BCUT2D eigenvalue weighted by molar-refractivity contribution is 0.100. The van der Waals surface area contributed by atoms with Gasteiger partial charge in [-0.2, -0.15) is 0 Å². The van der Waals surface area contributed by atoms with Crippen molar-refractivity contribution in [1.82, 2.24) is 0 Å². The second kappa shape index (κ2) is 4.29. The van der Waals surface area contributed by atoms with Crippen LogP contribution in [0.2, 0.25) is 0 Å². The van der Waals surface area contributed by atoms with E-state index in [1.165, 1.54) is 12.1 Å². The molecule has 0 unspecified atom stereocenters. The first-order valence-corrected chi connectivity index (χ1v) is 5.33. The van der Waals surface area contributed by atoms with E-state index in [2.05, 4.69) is 15.9 Å². The molecule has 0 aliphatic carbocycles. The van der Waals surface area contributed by atoms with Crippen molar-refractivity contribution in [1.29, 1.82) is 0 Å². The van der Waals surface area contributed by atoms with Crippen LogP contribution in [0.4, 0.5) is 14.5 Å². The van der Waals surface area contributed by atoms with Crippen molar-refractivity contribution in [2.24, 2.45) is 0 Å². The Morgan fingerprint density at radius 2 is 1.94 bits per heavy atom. The molecule has 2 rings (SSSR count). The Morgan fingerprint density at radius 3 is 2.53 bits per heavy atom. The number of nitrogen functional groups attached to an aromatic ring is 1. The molecule has 2 N–H and O–H groups in total. The van der Waals surface area contributed by atoms with Crippen LogP contribution in [0.3, 0.4) is 0 Å². The first kappa shape index (κ1) is 11.8. The van der Waals surface area contributed by atoms with E-state index in [4.69, 9.17) is 10.2 Å². The highest BCUT2D eigenvalue weighted by Gasteiger charge is 2.19. The van der Waals surface area contributed by atoms with Gasteiger partial charge in [0, 0.05) is 6.07 Å². The smallest absolute Gasteiger partial charge is 0.231 e. The maximum atomic E-state index is 13.4. The topological polar surface area (TPSA) is 56.2 Å². The lowest BCUT2D eigenvalue weighted by atomic mass is 10.1. The second-order valence-corrected chi connectivity index (χ2v) is 4.07. The molecule has 88 valence electrons. The van der Waals surface area contributed by atoms with Gasteiger partial charge in [0.25, 0.3) is 0 Å². The summed E-state index contributed by atoms with van der Waals surface area (Å²) in [5.74, 6) is -2.63. The molecule has 2 aromatic rings. The zero-order valence-electron chi connectivity index (χ0n) is 8.34. The molecule has 1 aromatic carbocycles. The fourth-order valence-corrected chi connectivity index (χ4v) is 1.62. The third kappa shape index (κ3) is 2.21. The molecule has 6 heteroatoms. The van der Waals surface area contributed by atoms with Gasteiger partial charge in [-0.1, -0.05) is 0 Å². The average Bonchev–Trinajstić information content (AvgIpc) is 2.69. The highest BCUT2D eigenvalue weighted by atomic mass is 79.9. The number of benzene rings is 1. The first-order chi connectivity index (χ1) is 7.99. The summed E-state index contributed by atoms with van der Waals surface area (Å²) >= 11 is 3.02. The molecule has 0 radical (unpaired) electrons. The van der Waals surface area contributed by atoms with Crippen molar-refractivity contribution in [3.63, 3.8) is 0 Å². The van der Waals surface area contributed by atoms with Gasteiger partial charge < -0.3 is 10.2 Å². The molecule has 1 aromatic heterocycles. The Hall–Kier alpha value is -1.69. The van der Waals surface area contributed by atoms with Crippen molar-refractivity contribution < 1.29 is 18.0 Å². The van der Waals surface area contributed by atoms with Gasteiger partial charge in [0.2, 0.25) is 5.78 Å². The maximum Gasteiger partial charge on any atom is 0.231 e. The number of rotatable bonds is 2. The molecule has 0 bridgehead atoms. The Bertz CT molecular complexity index is 595. The van der Waals surface area contributed by atoms with Crippen LogP contribution >= 0.6 is 15.9 Å². The van der Waals surface area contributed by atoms with Crippen molar-refractivity contribution in [3.05, 3.63) is 51.9 Å². The molecule has 0 fully saturated rings. The minimum absolute atomic E-state index is 0.0539. The number of carbonyl (C=O) groups is 1. The monoisotopic (exact) mass is 301 g/mol. The van der Waals surface area contributed by atoms with Gasteiger partial charge in [-0.25, -0.2) is 8.78 Å². The Balaban J connectivity index is 2.47. The molecule has 0 spiro atoms. The van der Waals surface area contributed by atoms with Gasteiger partial charge in [-0.3, -0.25) is 4.79 Å². The summed E-state index contributed by atoms with van der Waals surface area (Å²) in [6.45, 7) is 0. The summed E-state index contributed by atoms with van der Waals surface area (Å²) in [7, 11) is 0. The van der Waals surface area contributed by atoms with Crippen LogP contribution in [0.1, 0.15) is 16.1 Å². The molecular weight excluding hydrogens is 296 g/mol. The minimum atomic E-state index is -0.978. The standard InChI is InChI=1S/C11H6BrF2NO2/c12-10-2-1-9(17-10)11(16)5-3-8(15)7(14)4-6(5)13/h1-4H,15H2. The lowest BCUT2D eigenvalue weighted by Crippen LogP contribution is -2.05. The number of anilines is 1. The van der Waals surface area contributed by atoms with Crippen molar-refractivity contribution in [3.8, 4) is 0 Å². The Kier molecular flexibility index (Phi) is 2.97. The molecular formula is C11H6BrF2NO2. The highest BCUT2D eigenvalue weighted by molar-refractivity contribution is 9.10. The maximum absolute atomic E-state index is 13.4. The van der Waals surface area contributed by atoms with E-state index >= 15 is 0 Å². The SMILES string of the molecule is Nc1cc(C(=O)c2ccc(Br)o2)c(F)cc1F. The molecule has 17 heavy (non-hydrogen) atoms.